The number of amides is 1. The van der Waals surface area contributed by atoms with Gasteiger partial charge in [0.2, 0.25) is 0 Å². The molecular formula is C17H13NO3. The van der Waals surface area contributed by atoms with E-state index in [1.54, 1.807) is 24.3 Å². The van der Waals surface area contributed by atoms with Crippen molar-refractivity contribution in [2.24, 2.45) is 5.92 Å². The Bertz CT molecular complexity index is 741. The number of hydrogen-bond donors (Lipinski definition) is 1. The van der Waals surface area contributed by atoms with E-state index >= 15 is 0 Å². The summed E-state index contributed by atoms with van der Waals surface area (Å²) in [4.78, 5) is 24.9. The molecule has 2 atom stereocenters. The molecule has 1 aliphatic heterocycles. The van der Waals surface area contributed by atoms with Gasteiger partial charge in [-0.05, 0) is 24.3 Å². The van der Waals surface area contributed by atoms with Crippen molar-refractivity contribution in [1.82, 2.24) is 0 Å². The van der Waals surface area contributed by atoms with E-state index in [0.29, 0.717) is 23.4 Å². The summed E-state index contributed by atoms with van der Waals surface area (Å²) < 4.78 is 5.87. The van der Waals surface area contributed by atoms with Crippen molar-refractivity contribution in [2.75, 3.05) is 5.32 Å². The third-order valence-corrected chi connectivity index (χ3v) is 4.09. The van der Waals surface area contributed by atoms with Gasteiger partial charge in [0.25, 0.3) is 5.91 Å². The average Bonchev–Trinajstić information content (AvgIpc) is 3.25. The number of para-hydroxylation sites is 2. The number of ketones is 1. The molecule has 4 nitrogen and oxygen atoms in total. The maximum atomic E-state index is 12.5. The summed E-state index contributed by atoms with van der Waals surface area (Å²) in [7, 11) is 0. The third kappa shape index (κ3) is 1.76. The number of carbonyl (C=O) groups excluding carboxylic acids is 2. The van der Waals surface area contributed by atoms with Crippen LogP contribution >= 0.6 is 0 Å². The van der Waals surface area contributed by atoms with Gasteiger partial charge in [0.05, 0.1) is 11.5 Å². The number of rotatable bonds is 2. The molecular weight excluding hydrogens is 266 g/mol. The van der Waals surface area contributed by atoms with Crippen LogP contribution < -0.4 is 10.1 Å². The highest BCUT2D eigenvalue weighted by atomic mass is 16.5. The van der Waals surface area contributed by atoms with Gasteiger partial charge >= 0.3 is 0 Å². The first-order valence-corrected chi connectivity index (χ1v) is 6.89. The summed E-state index contributed by atoms with van der Waals surface area (Å²) in [6.07, 6.45) is 0.444. The molecule has 2 aromatic carbocycles. The van der Waals surface area contributed by atoms with Gasteiger partial charge in [0.15, 0.2) is 11.4 Å². The molecule has 1 heterocycles. The fourth-order valence-corrected chi connectivity index (χ4v) is 2.86. The molecule has 1 amide bonds. The zero-order valence-corrected chi connectivity index (χ0v) is 11.2. The molecule has 1 saturated carbocycles. The quantitative estimate of drug-likeness (QED) is 0.919. The predicted octanol–water partition coefficient (Wildman–Crippen LogP) is 2.66. The number of ether oxygens (including phenoxy) is 1. The van der Waals surface area contributed by atoms with Gasteiger partial charge in [-0.15, -0.1) is 0 Å². The third-order valence-electron chi connectivity index (χ3n) is 4.09. The minimum Gasteiger partial charge on any atom is -0.476 e. The number of Topliss-reactive ketones (excluding diaryl/α,β-unsaturated/α-hetero) is 1. The summed E-state index contributed by atoms with van der Waals surface area (Å²) in [5, 5.41) is 2.83. The number of hydrogen-bond acceptors (Lipinski definition) is 3. The van der Waals surface area contributed by atoms with Gasteiger partial charge in [-0.25, -0.2) is 0 Å². The van der Waals surface area contributed by atoms with Crippen molar-refractivity contribution in [3.63, 3.8) is 0 Å². The van der Waals surface area contributed by atoms with Gasteiger partial charge in [0.1, 0.15) is 5.75 Å². The number of fused-ring (bicyclic) bond motifs is 2. The van der Waals surface area contributed by atoms with Gasteiger partial charge in [-0.3, -0.25) is 9.59 Å². The molecule has 0 radical (unpaired) electrons. The molecule has 0 spiro atoms. The van der Waals surface area contributed by atoms with Crippen LogP contribution in [0.3, 0.4) is 0 Å². The van der Waals surface area contributed by atoms with Crippen LogP contribution in [-0.2, 0) is 4.79 Å². The molecule has 4 rings (SSSR count). The second kappa shape index (κ2) is 4.19. The van der Waals surface area contributed by atoms with Gasteiger partial charge in [-0.2, -0.15) is 0 Å². The van der Waals surface area contributed by atoms with Crippen molar-refractivity contribution >= 4 is 17.4 Å². The van der Waals surface area contributed by atoms with Crippen molar-refractivity contribution in [3.8, 4) is 5.75 Å². The molecule has 1 fully saturated rings. The van der Waals surface area contributed by atoms with Crippen LogP contribution in [0.2, 0.25) is 0 Å². The van der Waals surface area contributed by atoms with Gasteiger partial charge < -0.3 is 10.1 Å². The summed E-state index contributed by atoms with van der Waals surface area (Å²) in [5.41, 5.74) is 0.252. The highest BCUT2D eigenvalue weighted by molar-refractivity contribution is 6.13. The lowest BCUT2D eigenvalue weighted by Gasteiger charge is -2.24. The van der Waals surface area contributed by atoms with Crippen molar-refractivity contribution in [2.45, 2.75) is 12.0 Å². The molecule has 0 unspecified atom stereocenters. The van der Waals surface area contributed by atoms with Gasteiger partial charge in [0, 0.05) is 12.1 Å². The van der Waals surface area contributed by atoms with Crippen LogP contribution in [0.25, 0.3) is 0 Å². The van der Waals surface area contributed by atoms with Crippen LogP contribution in [0, 0.1) is 5.92 Å². The molecule has 0 aromatic heterocycles. The van der Waals surface area contributed by atoms with E-state index in [9.17, 15) is 9.59 Å². The Kier molecular flexibility index (Phi) is 2.42. The van der Waals surface area contributed by atoms with E-state index in [1.165, 1.54) is 0 Å². The minimum atomic E-state index is -1.03. The minimum absolute atomic E-state index is 0.0000571. The number of benzene rings is 2. The first-order valence-electron chi connectivity index (χ1n) is 6.89. The lowest BCUT2D eigenvalue weighted by atomic mass is 10.0. The summed E-state index contributed by atoms with van der Waals surface area (Å²) in [6, 6.07) is 16.3. The Morgan fingerprint density at radius 1 is 1.10 bits per heavy atom. The molecule has 0 saturated heterocycles. The van der Waals surface area contributed by atoms with Gasteiger partial charge in [-0.1, -0.05) is 30.3 Å². The monoisotopic (exact) mass is 279 g/mol. The Balaban J connectivity index is 1.63. The zero-order chi connectivity index (χ0) is 14.4. The van der Waals surface area contributed by atoms with E-state index in [0.717, 1.165) is 0 Å². The predicted molar refractivity (Wildman–Crippen MR) is 77.3 cm³/mol. The Morgan fingerprint density at radius 3 is 2.62 bits per heavy atom. The largest absolute Gasteiger partial charge is 0.476 e. The van der Waals surface area contributed by atoms with E-state index in [4.69, 9.17) is 4.74 Å². The number of anilines is 1. The van der Waals surface area contributed by atoms with Crippen LogP contribution in [0.4, 0.5) is 5.69 Å². The molecule has 1 N–H and O–H groups in total. The van der Waals surface area contributed by atoms with Crippen molar-refractivity contribution < 1.29 is 14.3 Å². The SMILES string of the molecule is O=C1c2ccccc2O[C@@]2(C(=O)Nc3ccccc3)C[C@H]12. The number of nitrogens with one attached hydrogen (secondary N) is 1. The molecule has 1 aliphatic carbocycles. The second-order valence-corrected chi connectivity index (χ2v) is 5.43. The Labute approximate surface area is 121 Å². The topological polar surface area (TPSA) is 55.4 Å². The molecule has 2 aromatic rings. The summed E-state index contributed by atoms with van der Waals surface area (Å²) in [5.74, 6) is -0.114. The highest BCUT2D eigenvalue weighted by Gasteiger charge is 2.68. The molecule has 4 heteroatoms. The van der Waals surface area contributed by atoms with E-state index in [-0.39, 0.29) is 17.6 Å². The van der Waals surface area contributed by atoms with E-state index in [2.05, 4.69) is 5.32 Å². The standard InChI is InChI=1S/C17H13NO3/c19-15-12-8-4-5-9-14(12)21-17(10-13(15)17)16(20)18-11-6-2-1-3-7-11/h1-9,13H,10H2,(H,18,20)/t13-,17+/m1/s1. The first kappa shape index (κ1) is 12.1. The Hall–Kier alpha value is -2.62. The number of carbonyl (C=O) groups is 2. The lowest BCUT2D eigenvalue weighted by molar-refractivity contribution is -0.125. The lowest BCUT2D eigenvalue weighted by Crippen LogP contribution is -2.41. The molecule has 0 bridgehead atoms. The molecule has 2 aliphatic rings. The van der Waals surface area contributed by atoms with Crippen LogP contribution in [-0.4, -0.2) is 17.3 Å². The molecule has 104 valence electrons. The Morgan fingerprint density at radius 2 is 1.81 bits per heavy atom. The van der Waals surface area contributed by atoms with Crippen molar-refractivity contribution in [1.29, 1.82) is 0 Å². The second-order valence-electron chi connectivity index (χ2n) is 5.43. The van der Waals surface area contributed by atoms with E-state index < -0.39 is 5.60 Å². The van der Waals surface area contributed by atoms with Crippen LogP contribution in [0.15, 0.2) is 54.6 Å². The normalized spacial score (nSPS) is 25.3. The average molecular weight is 279 g/mol. The fourth-order valence-electron chi connectivity index (χ4n) is 2.86. The maximum Gasteiger partial charge on any atom is 0.269 e. The van der Waals surface area contributed by atoms with Crippen molar-refractivity contribution in [3.05, 3.63) is 60.2 Å². The fraction of sp³-hybridized carbons (Fsp3) is 0.176. The van der Waals surface area contributed by atoms with Crippen LogP contribution in [0.1, 0.15) is 16.8 Å². The highest BCUT2D eigenvalue weighted by Crippen LogP contribution is 2.54. The first-order chi connectivity index (χ1) is 10.2. The summed E-state index contributed by atoms with van der Waals surface area (Å²) >= 11 is 0. The van der Waals surface area contributed by atoms with Crippen LogP contribution in [0.5, 0.6) is 5.75 Å². The maximum absolute atomic E-state index is 12.5. The van der Waals surface area contributed by atoms with E-state index in [1.807, 2.05) is 30.3 Å². The zero-order valence-electron chi connectivity index (χ0n) is 11.2. The summed E-state index contributed by atoms with van der Waals surface area (Å²) in [6.45, 7) is 0. The molecule has 21 heavy (non-hydrogen) atoms. The smallest absolute Gasteiger partial charge is 0.269 e.